The quantitative estimate of drug-likeness (QED) is 0.104. The second-order valence-electron chi connectivity index (χ2n) is 16.4. The van der Waals surface area contributed by atoms with Gasteiger partial charge >= 0.3 is 0 Å². The highest BCUT2D eigenvalue weighted by Gasteiger charge is 2.44. The first-order valence-electron chi connectivity index (χ1n) is 21.5. The van der Waals surface area contributed by atoms with E-state index >= 15 is 8.78 Å². The van der Waals surface area contributed by atoms with E-state index in [1.54, 1.807) is 30.6 Å². The SMILES string of the molecule is O=C1CCC(N2C(=O)c3ccc(OCCCCCCN4CCC(n5cc(-c6cnc7cccc(-c8cc(F)c(CN9CCOCC9)c(F)c8)c7n6)cn5)CC4)cc3C2=O)C(=O)N1. The van der Waals surface area contributed by atoms with E-state index in [-0.39, 0.29) is 42.1 Å². The van der Waals surface area contributed by atoms with Crippen LogP contribution in [0, 0.1) is 11.6 Å². The van der Waals surface area contributed by atoms with Gasteiger partial charge in [0, 0.05) is 62.0 Å². The van der Waals surface area contributed by atoms with E-state index in [0.29, 0.717) is 66.5 Å². The number of unbranched alkanes of at least 4 members (excludes halogenated alkanes) is 3. The molecule has 2 aromatic heterocycles. The van der Waals surface area contributed by atoms with E-state index in [9.17, 15) is 19.2 Å². The number of piperidine rings is 2. The number of para-hydroxylation sites is 1. The van der Waals surface area contributed by atoms with Crippen LogP contribution in [0.1, 0.15) is 83.7 Å². The van der Waals surface area contributed by atoms with Crippen LogP contribution in [-0.4, -0.2) is 117 Å². The number of imide groups is 2. The Kier molecular flexibility index (Phi) is 12.1. The molecule has 0 bridgehead atoms. The minimum absolute atomic E-state index is 0.0554. The number of aromatic nitrogens is 4. The molecule has 3 aromatic carbocycles. The van der Waals surface area contributed by atoms with Crippen LogP contribution < -0.4 is 10.1 Å². The summed E-state index contributed by atoms with van der Waals surface area (Å²) in [6.07, 6.45) is 11.6. The van der Waals surface area contributed by atoms with Gasteiger partial charge in [0.2, 0.25) is 11.8 Å². The summed E-state index contributed by atoms with van der Waals surface area (Å²) < 4.78 is 44.1. The summed E-state index contributed by atoms with van der Waals surface area (Å²) in [6, 6.07) is 12.3. The smallest absolute Gasteiger partial charge is 0.262 e. The van der Waals surface area contributed by atoms with Crippen molar-refractivity contribution in [3.8, 4) is 28.1 Å². The van der Waals surface area contributed by atoms with E-state index in [0.717, 1.165) is 68.6 Å². The van der Waals surface area contributed by atoms with Gasteiger partial charge in [0.25, 0.3) is 11.8 Å². The number of hydrogen-bond acceptors (Lipinski definition) is 11. The largest absolute Gasteiger partial charge is 0.494 e. The van der Waals surface area contributed by atoms with E-state index in [2.05, 4.69) is 15.2 Å². The van der Waals surface area contributed by atoms with Crippen molar-refractivity contribution in [3.63, 3.8) is 0 Å². The Labute approximate surface area is 357 Å². The maximum Gasteiger partial charge on any atom is 0.262 e. The van der Waals surface area contributed by atoms with E-state index in [4.69, 9.17) is 19.6 Å². The minimum atomic E-state index is -0.998. The van der Waals surface area contributed by atoms with Gasteiger partial charge in [-0.2, -0.15) is 5.10 Å². The summed E-state index contributed by atoms with van der Waals surface area (Å²) in [5.74, 6) is -2.80. The fraction of sp³-hybridized carbons (Fsp3) is 0.413. The molecule has 0 saturated carbocycles. The first kappa shape index (κ1) is 41.4. The number of carbonyl (C=O) groups is 4. The molecule has 4 amide bonds. The second-order valence-corrected chi connectivity index (χ2v) is 16.4. The van der Waals surface area contributed by atoms with Crippen molar-refractivity contribution in [1.29, 1.82) is 0 Å². The first-order valence-corrected chi connectivity index (χ1v) is 21.5. The average molecular weight is 847 g/mol. The van der Waals surface area contributed by atoms with Crippen LogP contribution in [0.5, 0.6) is 5.75 Å². The highest BCUT2D eigenvalue weighted by molar-refractivity contribution is 6.23. The molecule has 3 saturated heterocycles. The Bertz CT molecular complexity index is 2490. The van der Waals surface area contributed by atoms with Crippen molar-refractivity contribution in [2.75, 3.05) is 52.5 Å². The standard InChI is InChI=1S/C46H48F2N8O6/c47-37-22-29(23-38(48)36(37)28-54-17-20-61-21-18-54)33-6-5-7-39-43(33)51-40(26-49-39)30-25-50-55(27-30)31-12-15-53(16-13-31)14-3-1-2-4-19-62-32-8-9-34-35(24-32)46(60)56(45(34)59)41-10-11-42(57)52-44(41)58/h5-9,22-27,31,41H,1-4,10-21,28H2,(H,52,57,58). The molecule has 9 rings (SSSR count). The molecule has 322 valence electrons. The number of carbonyl (C=O) groups excluding carboxylic acids is 4. The summed E-state index contributed by atoms with van der Waals surface area (Å²) in [4.78, 5) is 65.0. The number of benzene rings is 3. The van der Waals surface area contributed by atoms with Crippen molar-refractivity contribution in [2.24, 2.45) is 0 Å². The van der Waals surface area contributed by atoms with Gasteiger partial charge in [-0.15, -0.1) is 0 Å². The number of rotatable bonds is 14. The first-order chi connectivity index (χ1) is 30.2. The predicted octanol–water partition coefficient (Wildman–Crippen LogP) is 5.95. The molecule has 0 spiro atoms. The van der Waals surface area contributed by atoms with Gasteiger partial charge in [0.1, 0.15) is 23.4 Å². The van der Waals surface area contributed by atoms with Crippen LogP contribution >= 0.6 is 0 Å². The third-order valence-corrected chi connectivity index (χ3v) is 12.4. The van der Waals surface area contributed by atoms with Crippen molar-refractivity contribution in [1.82, 2.24) is 39.8 Å². The van der Waals surface area contributed by atoms with Gasteiger partial charge in [-0.3, -0.25) is 44.0 Å². The highest BCUT2D eigenvalue weighted by atomic mass is 19.1. The maximum absolute atomic E-state index is 15.4. The van der Waals surface area contributed by atoms with Crippen molar-refractivity contribution >= 4 is 34.7 Å². The second kappa shape index (κ2) is 18.2. The molecule has 1 atom stereocenters. The van der Waals surface area contributed by atoms with Crippen molar-refractivity contribution < 1.29 is 37.4 Å². The van der Waals surface area contributed by atoms with Crippen LogP contribution in [0.4, 0.5) is 8.78 Å². The average Bonchev–Trinajstić information content (AvgIpc) is 3.87. The molecule has 5 aromatic rings. The lowest BCUT2D eigenvalue weighted by molar-refractivity contribution is -0.136. The number of likely N-dealkylation sites (tertiary alicyclic amines) is 1. The van der Waals surface area contributed by atoms with Crippen LogP contribution in [0.25, 0.3) is 33.4 Å². The van der Waals surface area contributed by atoms with Crippen molar-refractivity contribution in [3.05, 3.63) is 95.4 Å². The number of morpholine rings is 1. The molecule has 3 fully saturated rings. The number of ether oxygens (including phenoxy) is 2. The molecule has 0 radical (unpaired) electrons. The minimum Gasteiger partial charge on any atom is -0.494 e. The van der Waals surface area contributed by atoms with Crippen LogP contribution in [0.3, 0.4) is 0 Å². The lowest BCUT2D eigenvalue weighted by Gasteiger charge is -2.32. The molecular weight excluding hydrogens is 799 g/mol. The van der Waals surface area contributed by atoms with E-state index < -0.39 is 41.3 Å². The van der Waals surface area contributed by atoms with Gasteiger partial charge in [-0.1, -0.05) is 25.0 Å². The lowest BCUT2D eigenvalue weighted by atomic mass is 10.0. The number of nitrogens with zero attached hydrogens (tertiary/aromatic N) is 7. The third-order valence-electron chi connectivity index (χ3n) is 12.4. The summed E-state index contributed by atoms with van der Waals surface area (Å²) in [5, 5.41) is 6.92. The van der Waals surface area contributed by atoms with Crippen LogP contribution in [-0.2, 0) is 20.9 Å². The van der Waals surface area contributed by atoms with Gasteiger partial charge in [0.15, 0.2) is 0 Å². The molecule has 0 aliphatic carbocycles. The number of halogens is 2. The molecular formula is C46H48F2N8O6. The zero-order valence-electron chi connectivity index (χ0n) is 34.4. The van der Waals surface area contributed by atoms with Gasteiger partial charge < -0.3 is 14.4 Å². The Morgan fingerprint density at radius 3 is 2.35 bits per heavy atom. The Morgan fingerprint density at radius 2 is 1.56 bits per heavy atom. The topological polar surface area (TPSA) is 152 Å². The van der Waals surface area contributed by atoms with E-state index in [1.165, 1.54) is 12.1 Å². The monoisotopic (exact) mass is 846 g/mol. The summed E-state index contributed by atoms with van der Waals surface area (Å²) in [6.45, 7) is 6.01. The Morgan fingerprint density at radius 1 is 0.790 bits per heavy atom. The number of fused-ring (bicyclic) bond motifs is 2. The molecule has 4 aliphatic rings. The predicted molar refractivity (Wildman–Crippen MR) is 224 cm³/mol. The Hall–Kier alpha value is -5.97. The number of nitrogens with one attached hydrogen (secondary N) is 1. The Balaban J connectivity index is 0.725. The van der Waals surface area contributed by atoms with Crippen LogP contribution in [0.2, 0.25) is 0 Å². The zero-order chi connectivity index (χ0) is 42.7. The maximum atomic E-state index is 15.4. The van der Waals surface area contributed by atoms with Crippen LogP contribution in [0.15, 0.2) is 67.1 Å². The number of amides is 4. The number of hydrogen-bond donors (Lipinski definition) is 1. The molecule has 1 unspecified atom stereocenters. The molecule has 62 heavy (non-hydrogen) atoms. The lowest BCUT2D eigenvalue weighted by Crippen LogP contribution is -2.54. The van der Waals surface area contributed by atoms with Gasteiger partial charge in [0.05, 0.1) is 66.1 Å². The summed E-state index contributed by atoms with van der Waals surface area (Å²) in [5.41, 5.74) is 4.18. The fourth-order valence-corrected chi connectivity index (χ4v) is 8.90. The zero-order valence-corrected chi connectivity index (χ0v) is 34.4. The van der Waals surface area contributed by atoms with Gasteiger partial charge in [-0.25, -0.2) is 13.8 Å². The van der Waals surface area contributed by atoms with E-state index in [1.807, 2.05) is 34.0 Å². The molecule has 14 nitrogen and oxygen atoms in total. The molecule has 6 heterocycles. The molecule has 16 heteroatoms. The highest BCUT2D eigenvalue weighted by Crippen LogP contribution is 2.33. The molecule has 4 aliphatic heterocycles. The summed E-state index contributed by atoms with van der Waals surface area (Å²) in [7, 11) is 0. The summed E-state index contributed by atoms with van der Waals surface area (Å²) >= 11 is 0. The van der Waals surface area contributed by atoms with Gasteiger partial charge in [-0.05, 0) is 80.6 Å². The molecule has 1 N–H and O–H groups in total. The fourth-order valence-electron chi connectivity index (χ4n) is 8.90. The normalized spacial score (nSPS) is 19.1. The van der Waals surface area contributed by atoms with Crippen molar-refractivity contribution in [2.45, 2.75) is 70.0 Å². The third kappa shape index (κ3) is 8.72.